The molecule has 0 saturated carbocycles. The van der Waals surface area contributed by atoms with E-state index in [4.69, 9.17) is 4.74 Å². The Labute approximate surface area is 182 Å². The van der Waals surface area contributed by atoms with E-state index in [0.29, 0.717) is 17.7 Å². The monoisotopic (exact) mass is 427 g/mol. The topological polar surface area (TPSA) is 72.5 Å². The van der Waals surface area contributed by atoms with E-state index < -0.39 is 17.6 Å². The SMILES string of the molecule is CC(CSC(=O)[C@H](Cc1ccccc1)NC(=O)c1ccccc1)C(=O)OC(C)(C)C. The first-order chi connectivity index (χ1) is 14.2. The van der Waals surface area contributed by atoms with Gasteiger partial charge in [-0.3, -0.25) is 14.4 Å². The molecule has 0 aliphatic carbocycles. The molecule has 2 rings (SSSR count). The van der Waals surface area contributed by atoms with Crippen molar-refractivity contribution in [1.29, 1.82) is 0 Å². The number of rotatable bonds is 8. The molecule has 0 aliphatic heterocycles. The molecular weight excluding hydrogens is 398 g/mol. The predicted octanol–water partition coefficient (Wildman–Crippen LogP) is 4.27. The van der Waals surface area contributed by atoms with Gasteiger partial charge in [-0.15, -0.1) is 0 Å². The molecular formula is C24H29NO4S. The average Bonchev–Trinajstić information content (AvgIpc) is 2.71. The van der Waals surface area contributed by atoms with Gasteiger partial charge in [0.1, 0.15) is 11.6 Å². The summed E-state index contributed by atoms with van der Waals surface area (Å²) < 4.78 is 5.38. The average molecular weight is 428 g/mol. The molecule has 6 heteroatoms. The van der Waals surface area contributed by atoms with Crippen molar-refractivity contribution in [2.45, 2.75) is 45.8 Å². The molecule has 1 N–H and O–H groups in total. The van der Waals surface area contributed by atoms with Crippen LogP contribution in [0.15, 0.2) is 60.7 Å². The fourth-order valence-corrected chi connectivity index (χ4v) is 3.55. The third-order valence-electron chi connectivity index (χ3n) is 4.19. The fourth-order valence-electron chi connectivity index (χ4n) is 2.65. The van der Waals surface area contributed by atoms with Crippen LogP contribution in [0.5, 0.6) is 0 Å². The van der Waals surface area contributed by atoms with Crippen molar-refractivity contribution in [3.05, 3.63) is 71.8 Å². The fraction of sp³-hybridized carbons (Fsp3) is 0.375. The Kier molecular flexibility index (Phi) is 8.66. The van der Waals surface area contributed by atoms with Crippen molar-refractivity contribution in [3.63, 3.8) is 0 Å². The lowest BCUT2D eigenvalue weighted by Crippen LogP contribution is -2.41. The van der Waals surface area contributed by atoms with Gasteiger partial charge in [-0.1, -0.05) is 67.2 Å². The number of benzene rings is 2. The second-order valence-corrected chi connectivity index (χ2v) is 9.17. The molecule has 0 saturated heterocycles. The molecule has 0 heterocycles. The number of hydrogen-bond acceptors (Lipinski definition) is 5. The standard InChI is InChI=1S/C24H29NO4S/c1-17(22(27)29-24(2,3)4)16-30-23(28)20(15-18-11-7-5-8-12-18)25-21(26)19-13-9-6-10-14-19/h5-14,17,20H,15-16H2,1-4H3,(H,25,26)/t17?,20-/m0/s1. The molecule has 2 aromatic rings. The van der Waals surface area contributed by atoms with Crippen molar-refractivity contribution in [2.24, 2.45) is 5.92 Å². The highest BCUT2D eigenvalue weighted by molar-refractivity contribution is 8.13. The van der Waals surface area contributed by atoms with Crippen molar-refractivity contribution in [3.8, 4) is 0 Å². The number of amides is 1. The number of carbonyl (C=O) groups excluding carboxylic acids is 3. The Morgan fingerprint density at radius 2 is 1.53 bits per heavy atom. The van der Waals surface area contributed by atoms with Gasteiger partial charge < -0.3 is 10.1 Å². The van der Waals surface area contributed by atoms with Gasteiger partial charge in [0.05, 0.1) is 5.92 Å². The zero-order chi connectivity index (χ0) is 22.1. The number of ether oxygens (including phenoxy) is 1. The maximum absolute atomic E-state index is 12.9. The normalized spacial score (nSPS) is 13.2. The van der Waals surface area contributed by atoms with Crippen LogP contribution >= 0.6 is 11.8 Å². The van der Waals surface area contributed by atoms with Gasteiger partial charge in [-0.2, -0.15) is 0 Å². The first-order valence-corrected chi connectivity index (χ1v) is 10.9. The Balaban J connectivity index is 2.04. The van der Waals surface area contributed by atoms with E-state index in [2.05, 4.69) is 5.32 Å². The van der Waals surface area contributed by atoms with E-state index in [1.807, 2.05) is 57.2 Å². The lowest BCUT2D eigenvalue weighted by atomic mass is 10.1. The summed E-state index contributed by atoms with van der Waals surface area (Å²) in [6, 6.07) is 17.6. The number of esters is 1. The Morgan fingerprint density at radius 1 is 0.967 bits per heavy atom. The Morgan fingerprint density at radius 3 is 2.10 bits per heavy atom. The largest absolute Gasteiger partial charge is 0.460 e. The van der Waals surface area contributed by atoms with E-state index in [0.717, 1.165) is 17.3 Å². The third-order valence-corrected chi connectivity index (χ3v) is 5.43. The highest BCUT2D eigenvalue weighted by Crippen LogP contribution is 2.18. The summed E-state index contributed by atoms with van der Waals surface area (Å²) in [7, 11) is 0. The summed E-state index contributed by atoms with van der Waals surface area (Å²) in [5.74, 6) is -0.776. The minimum atomic E-state index is -0.698. The van der Waals surface area contributed by atoms with E-state index in [1.54, 1.807) is 31.2 Å². The zero-order valence-corrected chi connectivity index (χ0v) is 18.7. The first-order valence-electron chi connectivity index (χ1n) is 9.95. The van der Waals surface area contributed by atoms with E-state index in [1.165, 1.54) is 0 Å². The molecule has 1 unspecified atom stereocenters. The molecule has 5 nitrogen and oxygen atoms in total. The maximum atomic E-state index is 12.9. The molecule has 0 radical (unpaired) electrons. The van der Waals surface area contributed by atoms with Crippen molar-refractivity contribution < 1.29 is 19.1 Å². The van der Waals surface area contributed by atoms with Crippen LogP contribution in [0.3, 0.4) is 0 Å². The van der Waals surface area contributed by atoms with Gasteiger partial charge in [0.15, 0.2) is 0 Å². The van der Waals surface area contributed by atoms with Crippen molar-refractivity contribution in [2.75, 3.05) is 5.75 Å². The summed E-state index contributed by atoms with van der Waals surface area (Å²) in [4.78, 5) is 37.7. The van der Waals surface area contributed by atoms with Gasteiger partial charge in [0.25, 0.3) is 5.91 Å². The highest BCUT2D eigenvalue weighted by atomic mass is 32.2. The van der Waals surface area contributed by atoms with E-state index in [9.17, 15) is 14.4 Å². The van der Waals surface area contributed by atoms with Crippen LogP contribution in [0.4, 0.5) is 0 Å². The number of thioether (sulfide) groups is 1. The second-order valence-electron chi connectivity index (χ2n) is 8.15. The predicted molar refractivity (Wildman–Crippen MR) is 120 cm³/mol. The van der Waals surface area contributed by atoms with Gasteiger partial charge in [0, 0.05) is 17.7 Å². The minimum Gasteiger partial charge on any atom is -0.460 e. The Bertz CT molecular complexity index is 847. The zero-order valence-electron chi connectivity index (χ0n) is 17.9. The number of carbonyl (C=O) groups is 3. The van der Waals surface area contributed by atoms with Gasteiger partial charge in [-0.25, -0.2) is 0 Å². The summed E-state index contributed by atoms with van der Waals surface area (Å²) in [5.41, 5.74) is 0.875. The van der Waals surface area contributed by atoms with Crippen molar-refractivity contribution in [1.82, 2.24) is 5.32 Å². The van der Waals surface area contributed by atoms with Crippen molar-refractivity contribution >= 4 is 28.8 Å². The molecule has 30 heavy (non-hydrogen) atoms. The molecule has 1 amide bonds. The summed E-state index contributed by atoms with van der Waals surface area (Å²) in [6.45, 7) is 7.17. The van der Waals surface area contributed by atoms with Crippen LogP contribution in [0, 0.1) is 5.92 Å². The van der Waals surface area contributed by atoms with Gasteiger partial charge in [0.2, 0.25) is 5.12 Å². The molecule has 0 aromatic heterocycles. The number of nitrogens with one attached hydrogen (secondary N) is 1. The maximum Gasteiger partial charge on any atom is 0.310 e. The van der Waals surface area contributed by atoms with Crippen LogP contribution in [-0.2, 0) is 20.7 Å². The van der Waals surface area contributed by atoms with Crippen LogP contribution < -0.4 is 5.32 Å². The van der Waals surface area contributed by atoms with Gasteiger partial charge in [-0.05, 0) is 38.5 Å². The molecule has 0 aliphatic rings. The lowest BCUT2D eigenvalue weighted by Gasteiger charge is -2.22. The van der Waals surface area contributed by atoms with Crippen LogP contribution in [-0.4, -0.2) is 34.4 Å². The van der Waals surface area contributed by atoms with E-state index in [-0.39, 0.29) is 17.0 Å². The third kappa shape index (κ3) is 8.03. The summed E-state index contributed by atoms with van der Waals surface area (Å²) in [5, 5.41) is 2.67. The highest BCUT2D eigenvalue weighted by Gasteiger charge is 2.26. The second kappa shape index (κ2) is 11.0. The molecule has 0 spiro atoms. The minimum absolute atomic E-state index is 0.182. The molecule has 160 valence electrons. The molecule has 0 fully saturated rings. The van der Waals surface area contributed by atoms with Gasteiger partial charge >= 0.3 is 5.97 Å². The molecule has 0 bridgehead atoms. The first kappa shape index (κ1) is 23.7. The summed E-state index contributed by atoms with van der Waals surface area (Å²) in [6.07, 6.45) is 0.381. The van der Waals surface area contributed by atoms with E-state index >= 15 is 0 Å². The van der Waals surface area contributed by atoms with Crippen LogP contribution in [0.25, 0.3) is 0 Å². The lowest BCUT2D eigenvalue weighted by molar-refractivity contribution is -0.158. The number of hydrogen-bond donors (Lipinski definition) is 1. The quantitative estimate of drug-likeness (QED) is 0.637. The summed E-state index contributed by atoms with van der Waals surface area (Å²) >= 11 is 1.05. The van der Waals surface area contributed by atoms with Crippen LogP contribution in [0.1, 0.15) is 43.6 Å². The molecule has 2 aromatic carbocycles. The molecule has 2 atom stereocenters. The smallest absolute Gasteiger partial charge is 0.310 e. The Hall–Kier alpha value is -2.60. The van der Waals surface area contributed by atoms with Crippen LogP contribution in [0.2, 0.25) is 0 Å².